The number of anilines is 2. The highest BCUT2D eigenvalue weighted by Crippen LogP contribution is 2.17. The van der Waals surface area contributed by atoms with Crippen molar-refractivity contribution in [2.45, 2.75) is 19.3 Å². The van der Waals surface area contributed by atoms with Crippen LogP contribution >= 0.6 is 11.6 Å². The van der Waals surface area contributed by atoms with Gasteiger partial charge >= 0.3 is 0 Å². The Balaban J connectivity index is 1.31. The minimum atomic E-state index is -0.524. The van der Waals surface area contributed by atoms with Crippen molar-refractivity contribution in [1.29, 1.82) is 0 Å². The third-order valence-electron chi connectivity index (χ3n) is 5.73. The Morgan fingerprint density at radius 3 is 2.40 bits per heavy atom. The summed E-state index contributed by atoms with van der Waals surface area (Å²) in [6, 6.07) is 13.3. The van der Waals surface area contributed by atoms with Crippen LogP contribution in [0.25, 0.3) is 0 Å². The molecule has 0 aliphatic carbocycles. The van der Waals surface area contributed by atoms with Gasteiger partial charge in [0.1, 0.15) is 5.69 Å². The highest BCUT2D eigenvalue weighted by atomic mass is 35.5. The van der Waals surface area contributed by atoms with Crippen LogP contribution in [-0.2, 0) is 0 Å². The lowest BCUT2D eigenvalue weighted by molar-refractivity contribution is 0.0929. The molecule has 1 aliphatic heterocycles. The van der Waals surface area contributed by atoms with E-state index in [0.29, 0.717) is 28.5 Å². The molecule has 1 aliphatic rings. The number of likely N-dealkylation sites (tertiary alicyclic amines) is 1. The molecule has 2 aromatic carbocycles. The lowest BCUT2D eigenvalue weighted by atomic mass is 10.1. The molecule has 0 saturated carbocycles. The van der Waals surface area contributed by atoms with Gasteiger partial charge in [0.2, 0.25) is 0 Å². The summed E-state index contributed by atoms with van der Waals surface area (Å²) in [5.74, 6) is -1.21. The number of imidazole rings is 1. The van der Waals surface area contributed by atoms with Crippen molar-refractivity contribution >= 4 is 40.7 Å². The van der Waals surface area contributed by atoms with Crippen molar-refractivity contribution in [2.24, 2.45) is 0 Å². The van der Waals surface area contributed by atoms with Crippen LogP contribution in [0.4, 0.5) is 11.4 Å². The number of aromatic amines is 1. The Hall–Kier alpha value is -3.69. The van der Waals surface area contributed by atoms with Crippen LogP contribution in [0.1, 0.15) is 50.6 Å². The van der Waals surface area contributed by atoms with E-state index in [2.05, 4.69) is 30.8 Å². The predicted molar refractivity (Wildman–Crippen MR) is 135 cm³/mol. The summed E-state index contributed by atoms with van der Waals surface area (Å²) in [5.41, 5.74) is 1.58. The molecule has 3 amide bonds. The maximum absolute atomic E-state index is 12.7. The average molecular weight is 495 g/mol. The molecule has 4 N–H and O–H groups in total. The predicted octanol–water partition coefficient (Wildman–Crippen LogP) is 3.78. The quantitative estimate of drug-likeness (QED) is 0.380. The Kier molecular flexibility index (Phi) is 8.12. The van der Waals surface area contributed by atoms with Crippen LogP contribution < -0.4 is 16.0 Å². The molecule has 0 unspecified atom stereocenters. The summed E-state index contributed by atoms with van der Waals surface area (Å²) in [6.07, 6.45) is 4.95. The van der Waals surface area contributed by atoms with Gasteiger partial charge in [0, 0.05) is 35.1 Å². The fraction of sp³-hybridized carbons (Fsp3) is 0.280. The first-order chi connectivity index (χ1) is 17.0. The third-order valence-corrected chi connectivity index (χ3v) is 5.97. The maximum Gasteiger partial charge on any atom is 0.276 e. The summed E-state index contributed by atoms with van der Waals surface area (Å²) in [5, 5.41) is 8.85. The van der Waals surface area contributed by atoms with Crippen LogP contribution in [0.2, 0.25) is 5.02 Å². The van der Waals surface area contributed by atoms with Gasteiger partial charge in [-0.05, 0) is 68.4 Å². The van der Waals surface area contributed by atoms with E-state index in [9.17, 15) is 14.4 Å². The van der Waals surface area contributed by atoms with Crippen LogP contribution in [0.3, 0.4) is 0 Å². The molecule has 1 fully saturated rings. The smallest absolute Gasteiger partial charge is 0.276 e. The number of amides is 3. The molecule has 35 heavy (non-hydrogen) atoms. The van der Waals surface area contributed by atoms with Crippen molar-refractivity contribution < 1.29 is 14.4 Å². The van der Waals surface area contributed by atoms with Gasteiger partial charge in [0.15, 0.2) is 5.69 Å². The summed E-state index contributed by atoms with van der Waals surface area (Å²) >= 11 is 5.95. The Labute approximate surface area is 208 Å². The first kappa shape index (κ1) is 24.4. The van der Waals surface area contributed by atoms with Crippen molar-refractivity contribution in [3.05, 3.63) is 76.8 Å². The van der Waals surface area contributed by atoms with Gasteiger partial charge in [-0.3, -0.25) is 14.4 Å². The van der Waals surface area contributed by atoms with Gasteiger partial charge < -0.3 is 25.8 Å². The van der Waals surface area contributed by atoms with E-state index >= 15 is 0 Å². The number of rotatable bonds is 8. The van der Waals surface area contributed by atoms with Gasteiger partial charge in [-0.1, -0.05) is 24.1 Å². The van der Waals surface area contributed by atoms with Crippen LogP contribution in [0.5, 0.6) is 0 Å². The zero-order chi connectivity index (χ0) is 24.6. The molecule has 10 heteroatoms. The number of halogens is 1. The molecular weight excluding hydrogens is 468 g/mol. The second-order valence-corrected chi connectivity index (χ2v) is 8.72. The monoisotopic (exact) mass is 494 g/mol. The minimum Gasteiger partial charge on any atom is -0.349 e. The van der Waals surface area contributed by atoms with E-state index in [1.165, 1.54) is 25.6 Å². The van der Waals surface area contributed by atoms with Gasteiger partial charge in [0.25, 0.3) is 17.7 Å². The number of hydrogen-bond donors (Lipinski definition) is 4. The number of carbonyl (C=O) groups excluding carboxylic acids is 3. The highest BCUT2D eigenvalue weighted by molar-refractivity contribution is 6.31. The first-order valence-electron chi connectivity index (χ1n) is 11.5. The zero-order valence-electron chi connectivity index (χ0n) is 19.1. The standard InChI is InChI=1S/C25H27ClN6O3/c26-18-5-4-6-20(15-18)31-23(33)17-7-9-19(10-8-17)30-25(35)22-21(28-16-29-22)24(34)27-11-14-32-12-2-1-3-13-32/h4-10,15-16H,1-3,11-14H2,(H,27,34)(H,28,29)(H,30,35)(H,31,33). The van der Waals surface area contributed by atoms with Crippen molar-refractivity contribution in [3.63, 3.8) is 0 Å². The van der Waals surface area contributed by atoms with Crippen LogP contribution in [0, 0.1) is 0 Å². The number of aromatic nitrogens is 2. The molecular formula is C25H27ClN6O3. The lowest BCUT2D eigenvalue weighted by Crippen LogP contribution is -2.38. The molecule has 2 heterocycles. The zero-order valence-corrected chi connectivity index (χ0v) is 19.9. The molecule has 0 atom stereocenters. The van der Waals surface area contributed by atoms with Gasteiger partial charge in [-0.2, -0.15) is 0 Å². The Bertz CT molecular complexity index is 1190. The molecule has 9 nitrogen and oxygen atoms in total. The number of benzene rings is 2. The lowest BCUT2D eigenvalue weighted by Gasteiger charge is -2.26. The molecule has 0 radical (unpaired) electrons. The summed E-state index contributed by atoms with van der Waals surface area (Å²) in [7, 11) is 0. The van der Waals surface area contributed by atoms with Crippen molar-refractivity contribution in [1.82, 2.24) is 20.2 Å². The fourth-order valence-electron chi connectivity index (χ4n) is 3.90. The van der Waals surface area contributed by atoms with E-state index in [4.69, 9.17) is 11.6 Å². The number of nitrogens with one attached hydrogen (secondary N) is 4. The number of H-pyrrole nitrogens is 1. The second kappa shape index (κ2) is 11.6. The number of carbonyl (C=O) groups is 3. The normalized spacial score (nSPS) is 13.7. The minimum absolute atomic E-state index is 0.00301. The topological polar surface area (TPSA) is 119 Å². The number of piperidine rings is 1. The maximum atomic E-state index is 12.7. The highest BCUT2D eigenvalue weighted by Gasteiger charge is 2.21. The van der Waals surface area contributed by atoms with Gasteiger partial charge in [-0.15, -0.1) is 0 Å². The SMILES string of the molecule is O=C(Nc1cccc(Cl)c1)c1ccc(NC(=O)c2nc[nH]c2C(=O)NCCN2CCCCC2)cc1. The molecule has 1 saturated heterocycles. The number of nitrogens with zero attached hydrogens (tertiary/aromatic N) is 2. The molecule has 1 aromatic heterocycles. The van der Waals surface area contributed by atoms with Crippen LogP contribution in [-0.4, -0.2) is 58.8 Å². The van der Waals surface area contributed by atoms with Crippen molar-refractivity contribution in [2.75, 3.05) is 36.8 Å². The summed E-state index contributed by atoms with van der Waals surface area (Å²) in [4.78, 5) is 46.9. The Morgan fingerprint density at radius 1 is 0.914 bits per heavy atom. The summed E-state index contributed by atoms with van der Waals surface area (Å²) in [6.45, 7) is 3.37. The fourth-order valence-corrected chi connectivity index (χ4v) is 4.09. The molecule has 0 spiro atoms. The van der Waals surface area contributed by atoms with E-state index in [0.717, 1.165) is 19.6 Å². The van der Waals surface area contributed by atoms with Gasteiger partial charge in [-0.25, -0.2) is 4.98 Å². The van der Waals surface area contributed by atoms with E-state index in [1.54, 1.807) is 48.5 Å². The van der Waals surface area contributed by atoms with Crippen molar-refractivity contribution in [3.8, 4) is 0 Å². The second-order valence-electron chi connectivity index (χ2n) is 8.28. The largest absolute Gasteiger partial charge is 0.349 e. The molecule has 4 rings (SSSR count). The summed E-state index contributed by atoms with van der Waals surface area (Å²) < 4.78 is 0. The van der Waals surface area contributed by atoms with Crippen LogP contribution in [0.15, 0.2) is 54.9 Å². The van der Waals surface area contributed by atoms with E-state index < -0.39 is 5.91 Å². The average Bonchev–Trinajstić information content (AvgIpc) is 3.36. The Morgan fingerprint density at radius 2 is 1.66 bits per heavy atom. The van der Waals surface area contributed by atoms with Gasteiger partial charge in [0.05, 0.1) is 6.33 Å². The van der Waals surface area contributed by atoms with E-state index in [1.807, 2.05) is 0 Å². The molecule has 3 aromatic rings. The molecule has 0 bridgehead atoms. The first-order valence-corrected chi connectivity index (χ1v) is 11.9. The van der Waals surface area contributed by atoms with E-state index in [-0.39, 0.29) is 23.2 Å². The number of hydrogen-bond acceptors (Lipinski definition) is 5. The molecule has 182 valence electrons. The third kappa shape index (κ3) is 6.68.